The largest absolute Gasteiger partial charge is 0.359 e. The molecule has 0 spiro atoms. The quantitative estimate of drug-likeness (QED) is 0.839. The molecule has 1 N–H and O–H groups in total. The summed E-state index contributed by atoms with van der Waals surface area (Å²) in [5.41, 5.74) is -0.106. The number of unbranched alkanes of at least 4 members (excludes halogenated alkanes) is 1. The van der Waals surface area contributed by atoms with Crippen LogP contribution in [-0.4, -0.2) is 24.8 Å². The van der Waals surface area contributed by atoms with Crippen LogP contribution in [0, 0.1) is 0 Å². The fourth-order valence-electron chi connectivity index (χ4n) is 1.37. The zero-order valence-corrected chi connectivity index (χ0v) is 11.9. The van der Waals surface area contributed by atoms with E-state index in [1.54, 1.807) is 13.1 Å². The van der Waals surface area contributed by atoms with E-state index in [0.717, 1.165) is 18.6 Å². The van der Waals surface area contributed by atoms with E-state index in [0.29, 0.717) is 12.4 Å². The summed E-state index contributed by atoms with van der Waals surface area (Å²) in [6, 6.07) is 1.65. The molecule has 2 amide bonds. The Hall–Kier alpha value is -1.52. The number of anilines is 1. The molecule has 18 heavy (non-hydrogen) atoms. The lowest BCUT2D eigenvalue weighted by atomic mass is 9.93. The van der Waals surface area contributed by atoms with Gasteiger partial charge in [-0.3, -0.25) is 4.90 Å². The number of carbonyl (C=O) groups is 1. The molecule has 0 aliphatic rings. The Kier molecular flexibility index (Phi) is 4.76. The van der Waals surface area contributed by atoms with E-state index >= 15 is 0 Å². The van der Waals surface area contributed by atoms with Crippen molar-refractivity contribution >= 4 is 11.8 Å². The number of amides is 2. The molecular weight excluding hydrogens is 230 g/mol. The summed E-state index contributed by atoms with van der Waals surface area (Å²) >= 11 is 0. The molecule has 0 radical (unpaired) electrons. The highest BCUT2D eigenvalue weighted by molar-refractivity contribution is 5.90. The minimum atomic E-state index is -0.155. The molecule has 5 heteroatoms. The van der Waals surface area contributed by atoms with Crippen LogP contribution in [0.5, 0.6) is 0 Å². The molecule has 0 aromatic carbocycles. The lowest BCUT2D eigenvalue weighted by Gasteiger charge is -2.15. The maximum atomic E-state index is 11.8. The molecule has 0 fully saturated rings. The molecular formula is C13H23N3O2. The first-order chi connectivity index (χ1) is 8.36. The van der Waals surface area contributed by atoms with E-state index < -0.39 is 0 Å². The molecule has 1 aromatic rings. The summed E-state index contributed by atoms with van der Waals surface area (Å²) in [7, 11) is 1.69. The number of rotatable bonds is 4. The predicted molar refractivity (Wildman–Crippen MR) is 71.9 cm³/mol. The fraction of sp³-hybridized carbons (Fsp3) is 0.692. The van der Waals surface area contributed by atoms with Crippen LogP contribution >= 0.6 is 0 Å². The number of nitrogens with zero attached hydrogens (tertiary/aromatic N) is 2. The molecule has 0 aliphatic carbocycles. The third-order valence-electron chi connectivity index (χ3n) is 2.69. The molecule has 0 unspecified atom stereocenters. The summed E-state index contributed by atoms with van der Waals surface area (Å²) in [5, 5.41) is 6.76. The van der Waals surface area contributed by atoms with Gasteiger partial charge in [0.25, 0.3) is 0 Å². The van der Waals surface area contributed by atoms with Crippen LogP contribution < -0.4 is 10.2 Å². The zero-order chi connectivity index (χ0) is 13.8. The summed E-state index contributed by atoms with van der Waals surface area (Å²) in [6.07, 6.45) is 2.04. The Labute approximate surface area is 109 Å². The minimum Gasteiger partial charge on any atom is -0.359 e. The standard InChI is InChI=1S/C13H23N3O2/c1-6-7-8-14-12(17)16(5)11-9-10(18-15-11)13(2,3)4/h9H,6-8H2,1-5H3,(H,14,17). The summed E-state index contributed by atoms with van der Waals surface area (Å²) in [5.74, 6) is 1.31. The smallest absolute Gasteiger partial charge is 0.322 e. The van der Waals surface area contributed by atoms with Crippen molar-refractivity contribution < 1.29 is 9.32 Å². The lowest BCUT2D eigenvalue weighted by molar-refractivity contribution is 0.247. The molecule has 0 aliphatic heterocycles. The van der Waals surface area contributed by atoms with Gasteiger partial charge in [0, 0.05) is 25.1 Å². The molecule has 0 saturated carbocycles. The molecule has 5 nitrogen and oxygen atoms in total. The van der Waals surface area contributed by atoms with Crippen molar-refractivity contribution in [2.24, 2.45) is 0 Å². The van der Waals surface area contributed by atoms with Crippen molar-refractivity contribution in [3.05, 3.63) is 11.8 Å². The second-order valence-electron chi connectivity index (χ2n) is 5.44. The predicted octanol–water partition coefficient (Wildman–Crippen LogP) is 2.92. The van der Waals surface area contributed by atoms with E-state index in [9.17, 15) is 4.79 Å². The number of carbonyl (C=O) groups excluding carboxylic acids is 1. The summed E-state index contributed by atoms with van der Waals surface area (Å²) in [6.45, 7) is 8.89. The normalized spacial score (nSPS) is 11.4. The van der Waals surface area contributed by atoms with E-state index in [-0.39, 0.29) is 11.4 Å². The maximum absolute atomic E-state index is 11.8. The zero-order valence-electron chi connectivity index (χ0n) is 11.9. The Bertz CT molecular complexity index is 393. The minimum absolute atomic E-state index is 0.106. The van der Waals surface area contributed by atoms with Gasteiger partial charge in [-0.15, -0.1) is 0 Å². The SMILES string of the molecule is CCCCNC(=O)N(C)c1cc(C(C)(C)C)on1. The first-order valence-electron chi connectivity index (χ1n) is 6.35. The van der Waals surface area contributed by atoms with Crippen molar-refractivity contribution in [1.29, 1.82) is 0 Å². The van der Waals surface area contributed by atoms with Crippen LogP contribution in [0.25, 0.3) is 0 Å². The Morgan fingerprint density at radius 2 is 2.17 bits per heavy atom. The van der Waals surface area contributed by atoms with Gasteiger partial charge >= 0.3 is 6.03 Å². The van der Waals surface area contributed by atoms with Gasteiger partial charge in [0.05, 0.1) is 0 Å². The molecule has 1 rings (SSSR count). The molecule has 1 aromatic heterocycles. The Morgan fingerprint density at radius 1 is 1.50 bits per heavy atom. The number of hydrogen-bond acceptors (Lipinski definition) is 3. The van der Waals surface area contributed by atoms with Crippen LogP contribution in [0.3, 0.4) is 0 Å². The van der Waals surface area contributed by atoms with E-state index in [2.05, 4.69) is 17.4 Å². The summed E-state index contributed by atoms with van der Waals surface area (Å²) < 4.78 is 5.25. The van der Waals surface area contributed by atoms with E-state index in [1.807, 2.05) is 20.8 Å². The molecule has 0 atom stereocenters. The van der Waals surface area contributed by atoms with Crippen LogP contribution in [0.2, 0.25) is 0 Å². The summed E-state index contributed by atoms with van der Waals surface area (Å²) in [4.78, 5) is 13.3. The van der Waals surface area contributed by atoms with Gasteiger partial charge in [0.15, 0.2) is 5.82 Å². The molecule has 1 heterocycles. The topological polar surface area (TPSA) is 58.4 Å². The van der Waals surface area contributed by atoms with Crippen LogP contribution in [0.15, 0.2) is 10.6 Å². The fourth-order valence-corrected chi connectivity index (χ4v) is 1.37. The number of aromatic nitrogens is 1. The third kappa shape index (κ3) is 3.75. The first kappa shape index (κ1) is 14.5. The second-order valence-corrected chi connectivity index (χ2v) is 5.44. The highest BCUT2D eigenvalue weighted by Crippen LogP contribution is 2.25. The first-order valence-corrected chi connectivity index (χ1v) is 6.35. The number of urea groups is 1. The van der Waals surface area contributed by atoms with Crippen molar-refractivity contribution in [2.45, 2.75) is 46.0 Å². The molecule has 0 saturated heterocycles. The third-order valence-corrected chi connectivity index (χ3v) is 2.69. The van der Waals surface area contributed by atoms with Crippen LogP contribution in [-0.2, 0) is 5.41 Å². The molecule has 0 bridgehead atoms. The van der Waals surface area contributed by atoms with Crippen molar-refractivity contribution in [1.82, 2.24) is 10.5 Å². The average molecular weight is 253 g/mol. The van der Waals surface area contributed by atoms with Gasteiger partial charge in [-0.25, -0.2) is 4.79 Å². The lowest BCUT2D eigenvalue weighted by Crippen LogP contribution is -2.37. The molecule has 102 valence electrons. The monoisotopic (exact) mass is 253 g/mol. The number of nitrogens with one attached hydrogen (secondary N) is 1. The van der Waals surface area contributed by atoms with Gasteiger partial charge < -0.3 is 9.84 Å². The highest BCUT2D eigenvalue weighted by Gasteiger charge is 2.22. The van der Waals surface area contributed by atoms with Gasteiger partial charge in [-0.05, 0) is 6.42 Å². The van der Waals surface area contributed by atoms with Crippen molar-refractivity contribution in [3.8, 4) is 0 Å². The Balaban J connectivity index is 2.64. The van der Waals surface area contributed by atoms with Crippen LogP contribution in [0.4, 0.5) is 10.6 Å². The second kappa shape index (κ2) is 5.89. The average Bonchev–Trinajstić information content (AvgIpc) is 2.77. The maximum Gasteiger partial charge on any atom is 0.322 e. The van der Waals surface area contributed by atoms with Gasteiger partial charge in [0.1, 0.15) is 5.76 Å². The number of hydrogen-bond donors (Lipinski definition) is 1. The van der Waals surface area contributed by atoms with Gasteiger partial charge in [-0.1, -0.05) is 39.3 Å². The highest BCUT2D eigenvalue weighted by atomic mass is 16.5. The van der Waals surface area contributed by atoms with E-state index in [4.69, 9.17) is 4.52 Å². The van der Waals surface area contributed by atoms with Gasteiger partial charge in [-0.2, -0.15) is 0 Å². The Morgan fingerprint density at radius 3 is 2.67 bits per heavy atom. The van der Waals surface area contributed by atoms with Crippen molar-refractivity contribution in [3.63, 3.8) is 0 Å². The van der Waals surface area contributed by atoms with Gasteiger partial charge in [0.2, 0.25) is 0 Å². The van der Waals surface area contributed by atoms with E-state index in [1.165, 1.54) is 4.90 Å². The van der Waals surface area contributed by atoms with Crippen LogP contribution in [0.1, 0.15) is 46.3 Å². The van der Waals surface area contributed by atoms with Crippen molar-refractivity contribution in [2.75, 3.05) is 18.5 Å².